The highest BCUT2D eigenvalue weighted by atomic mass is 16.2. The molecule has 1 amide bonds. The third-order valence-electron chi connectivity index (χ3n) is 6.44. The van der Waals surface area contributed by atoms with Gasteiger partial charge in [0.25, 0.3) is 0 Å². The van der Waals surface area contributed by atoms with Gasteiger partial charge in [-0.25, -0.2) is 4.68 Å². The summed E-state index contributed by atoms with van der Waals surface area (Å²) >= 11 is 0. The monoisotopic (exact) mass is 465 g/mol. The number of carbonyl (C=O) groups is 1. The Labute approximate surface area is 206 Å². The van der Waals surface area contributed by atoms with Crippen molar-refractivity contribution in [2.45, 2.75) is 13.5 Å². The van der Waals surface area contributed by atoms with Crippen LogP contribution in [0.2, 0.25) is 0 Å². The van der Waals surface area contributed by atoms with Crippen molar-refractivity contribution in [3.8, 4) is 16.9 Å². The van der Waals surface area contributed by atoms with Crippen molar-refractivity contribution in [2.75, 3.05) is 37.6 Å². The first kappa shape index (κ1) is 22.9. The highest BCUT2D eigenvalue weighted by molar-refractivity contribution is 5.78. The number of carbonyl (C=O) groups excluding carboxylic acids is 1. The van der Waals surface area contributed by atoms with Gasteiger partial charge in [0.05, 0.1) is 30.2 Å². The molecule has 178 valence electrons. The molecular weight excluding hydrogens is 434 g/mol. The second kappa shape index (κ2) is 10.6. The smallest absolute Gasteiger partial charge is 0.234 e. The summed E-state index contributed by atoms with van der Waals surface area (Å²) in [6.07, 6.45) is 0. The minimum absolute atomic E-state index is 0.0318. The molecule has 0 unspecified atom stereocenters. The predicted octanol–water partition coefficient (Wildman–Crippen LogP) is 4.29. The summed E-state index contributed by atoms with van der Waals surface area (Å²) in [5, 5.41) is 7.89. The number of amides is 1. The molecule has 1 fully saturated rings. The number of aryl methyl sites for hydroxylation is 1. The zero-order chi connectivity index (χ0) is 24.0. The second-order valence-corrected chi connectivity index (χ2v) is 9.01. The van der Waals surface area contributed by atoms with Gasteiger partial charge in [0.1, 0.15) is 0 Å². The van der Waals surface area contributed by atoms with Crippen molar-refractivity contribution in [2.24, 2.45) is 0 Å². The number of piperazine rings is 1. The second-order valence-electron chi connectivity index (χ2n) is 9.01. The molecule has 0 bridgehead atoms. The van der Waals surface area contributed by atoms with Crippen LogP contribution in [0.1, 0.15) is 11.3 Å². The van der Waals surface area contributed by atoms with Crippen molar-refractivity contribution in [1.82, 2.24) is 20.0 Å². The molecule has 1 aromatic heterocycles. The zero-order valence-electron chi connectivity index (χ0n) is 20.1. The zero-order valence-corrected chi connectivity index (χ0v) is 20.1. The number of para-hydroxylation sites is 2. The van der Waals surface area contributed by atoms with E-state index in [2.05, 4.69) is 76.6 Å². The Hall–Kier alpha value is -3.90. The van der Waals surface area contributed by atoms with Gasteiger partial charge in [0.2, 0.25) is 5.91 Å². The number of hydrogen-bond donors (Lipinski definition) is 1. The lowest BCUT2D eigenvalue weighted by molar-refractivity contribution is -0.122. The first-order valence-electron chi connectivity index (χ1n) is 12.2. The first-order valence-corrected chi connectivity index (χ1v) is 12.2. The van der Waals surface area contributed by atoms with E-state index < -0.39 is 0 Å². The van der Waals surface area contributed by atoms with Crippen molar-refractivity contribution >= 4 is 11.6 Å². The largest absolute Gasteiger partial charge is 0.369 e. The van der Waals surface area contributed by atoms with Crippen LogP contribution < -0.4 is 10.2 Å². The summed E-state index contributed by atoms with van der Waals surface area (Å²) < 4.78 is 1.95. The van der Waals surface area contributed by atoms with E-state index in [4.69, 9.17) is 5.10 Å². The summed E-state index contributed by atoms with van der Waals surface area (Å²) in [6, 6.07) is 31.1. The topological polar surface area (TPSA) is 53.4 Å². The van der Waals surface area contributed by atoms with Crippen molar-refractivity contribution in [3.05, 3.63) is 102 Å². The fourth-order valence-electron chi connectivity index (χ4n) is 4.46. The Balaban J connectivity index is 1.21. The fraction of sp³-hybridized carbons (Fsp3) is 0.241. The number of benzene rings is 3. The third kappa shape index (κ3) is 5.61. The summed E-state index contributed by atoms with van der Waals surface area (Å²) in [5.74, 6) is 0.0318. The molecule has 4 aromatic rings. The lowest BCUT2D eigenvalue weighted by Gasteiger charge is -2.35. The number of hydrogen-bond acceptors (Lipinski definition) is 4. The number of nitrogens with one attached hydrogen (secondary N) is 1. The molecule has 6 heteroatoms. The van der Waals surface area contributed by atoms with Crippen LogP contribution in [0, 0.1) is 6.92 Å². The van der Waals surface area contributed by atoms with Crippen molar-refractivity contribution < 1.29 is 4.79 Å². The van der Waals surface area contributed by atoms with E-state index in [-0.39, 0.29) is 5.91 Å². The Morgan fingerprint density at radius 1 is 0.829 bits per heavy atom. The summed E-state index contributed by atoms with van der Waals surface area (Å²) in [7, 11) is 0. The number of anilines is 1. The quantitative estimate of drug-likeness (QED) is 0.443. The van der Waals surface area contributed by atoms with E-state index in [1.165, 1.54) is 11.3 Å². The average Bonchev–Trinajstić information content (AvgIpc) is 3.34. The summed E-state index contributed by atoms with van der Waals surface area (Å²) in [6.45, 7) is 6.51. The van der Waals surface area contributed by atoms with Gasteiger partial charge in [-0.2, -0.15) is 5.10 Å². The Morgan fingerprint density at radius 3 is 2.11 bits per heavy atom. The number of rotatable bonds is 7. The molecule has 0 radical (unpaired) electrons. The van der Waals surface area contributed by atoms with E-state index in [9.17, 15) is 4.79 Å². The van der Waals surface area contributed by atoms with Gasteiger partial charge in [-0.3, -0.25) is 9.69 Å². The molecule has 1 aliphatic heterocycles. The SMILES string of the molecule is Cc1ccc(-c2cc(CNC(=O)CN3CCN(c4ccccc4)CC3)nn2-c2ccccc2)cc1. The fourth-order valence-corrected chi connectivity index (χ4v) is 4.46. The van der Waals surface area contributed by atoms with Gasteiger partial charge < -0.3 is 10.2 Å². The normalized spacial score (nSPS) is 14.1. The van der Waals surface area contributed by atoms with Crippen LogP contribution >= 0.6 is 0 Å². The highest BCUT2D eigenvalue weighted by Gasteiger charge is 2.19. The number of aromatic nitrogens is 2. The van der Waals surface area contributed by atoms with Gasteiger partial charge >= 0.3 is 0 Å². The van der Waals surface area contributed by atoms with E-state index in [1.807, 2.05) is 41.1 Å². The maximum absolute atomic E-state index is 12.7. The van der Waals surface area contributed by atoms with Gasteiger partial charge in [0, 0.05) is 37.4 Å². The van der Waals surface area contributed by atoms with Gasteiger partial charge in [-0.1, -0.05) is 66.2 Å². The molecule has 0 saturated carbocycles. The molecule has 1 aliphatic rings. The third-order valence-corrected chi connectivity index (χ3v) is 6.44. The van der Waals surface area contributed by atoms with Gasteiger partial charge in [-0.05, 0) is 37.3 Å². The summed E-state index contributed by atoms with van der Waals surface area (Å²) in [4.78, 5) is 17.3. The number of nitrogens with zero attached hydrogens (tertiary/aromatic N) is 4. The minimum atomic E-state index is 0.0318. The van der Waals surface area contributed by atoms with E-state index in [1.54, 1.807) is 0 Å². The van der Waals surface area contributed by atoms with Crippen LogP contribution in [0.4, 0.5) is 5.69 Å². The van der Waals surface area contributed by atoms with Crippen molar-refractivity contribution in [1.29, 1.82) is 0 Å². The molecule has 0 atom stereocenters. The maximum Gasteiger partial charge on any atom is 0.234 e. The minimum Gasteiger partial charge on any atom is -0.369 e. The van der Waals surface area contributed by atoms with Crippen LogP contribution in [-0.4, -0.2) is 53.3 Å². The van der Waals surface area contributed by atoms with Crippen LogP contribution in [-0.2, 0) is 11.3 Å². The van der Waals surface area contributed by atoms with E-state index >= 15 is 0 Å². The lowest BCUT2D eigenvalue weighted by atomic mass is 10.1. The summed E-state index contributed by atoms with van der Waals surface area (Å²) in [5.41, 5.74) is 6.41. The van der Waals surface area contributed by atoms with Crippen molar-refractivity contribution in [3.63, 3.8) is 0 Å². The van der Waals surface area contributed by atoms with Crippen LogP contribution in [0.15, 0.2) is 91.0 Å². The average molecular weight is 466 g/mol. The Morgan fingerprint density at radius 2 is 1.46 bits per heavy atom. The molecule has 5 rings (SSSR count). The van der Waals surface area contributed by atoms with Gasteiger partial charge in [-0.15, -0.1) is 0 Å². The highest BCUT2D eigenvalue weighted by Crippen LogP contribution is 2.24. The van der Waals surface area contributed by atoms with Crippen LogP contribution in [0.5, 0.6) is 0 Å². The molecule has 0 aliphatic carbocycles. The molecule has 0 spiro atoms. The first-order chi connectivity index (χ1) is 17.2. The molecule has 3 aromatic carbocycles. The maximum atomic E-state index is 12.7. The Kier molecular flexibility index (Phi) is 6.91. The van der Waals surface area contributed by atoms with E-state index in [0.717, 1.165) is 48.8 Å². The van der Waals surface area contributed by atoms with Crippen LogP contribution in [0.3, 0.4) is 0 Å². The van der Waals surface area contributed by atoms with Crippen LogP contribution in [0.25, 0.3) is 16.9 Å². The van der Waals surface area contributed by atoms with Gasteiger partial charge in [0.15, 0.2) is 0 Å². The molecular formula is C29H31N5O. The predicted molar refractivity (Wildman–Crippen MR) is 141 cm³/mol. The molecule has 35 heavy (non-hydrogen) atoms. The molecule has 6 nitrogen and oxygen atoms in total. The molecule has 1 saturated heterocycles. The molecule has 1 N–H and O–H groups in total. The lowest BCUT2D eigenvalue weighted by Crippen LogP contribution is -2.49. The molecule has 2 heterocycles. The Bertz CT molecular complexity index is 1240. The van der Waals surface area contributed by atoms with E-state index in [0.29, 0.717) is 13.1 Å². The standard InChI is InChI=1S/C29H31N5O/c1-23-12-14-24(15-13-23)28-20-25(31-34(28)27-10-6-3-7-11-27)21-30-29(35)22-32-16-18-33(19-17-32)26-8-4-2-5-9-26/h2-15,20H,16-19,21-22H2,1H3,(H,30,35).